The Bertz CT molecular complexity index is 732. The fourth-order valence-corrected chi connectivity index (χ4v) is 5.20. The Balaban J connectivity index is 1.29. The molecule has 3 unspecified atom stereocenters. The fourth-order valence-electron chi connectivity index (χ4n) is 5.20. The minimum absolute atomic E-state index is 0.192. The monoisotopic (exact) mass is 336 g/mol. The molecule has 1 aromatic heterocycles. The molecule has 0 amide bonds. The number of halogens is 1. The van der Waals surface area contributed by atoms with Gasteiger partial charge in [0, 0.05) is 23.4 Å². The zero-order valence-electron chi connectivity index (χ0n) is 14.6. The molecule has 6 rings (SSSR count). The van der Waals surface area contributed by atoms with Crippen LogP contribution in [0.3, 0.4) is 0 Å². The minimum atomic E-state index is -0.192. The Morgan fingerprint density at radius 1 is 0.840 bits per heavy atom. The van der Waals surface area contributed by atoms with E-state index < -0.39 is 0 Å². The lowest BCUT2D eigenvalue weighted by Gasteiger charge is -2.29. The molecule has 3 saturated heterocycles. The Hall–Kier alpha value is -1.74. The molecule has 0 N–H and O–H groups in total. The van der Waals surface area contributed by atoms with Crippen molar-refractivity contribution in [1.82, 2.24) is 9.88 Å². The van der Waals surface area contributed by atoms with Gasteiger partial charge in [0.05, 0.1) is 0 Å². The van der Waals surface area contributed by atoms with Gasteiger partial charge in [-0.2, -0.15) is 0 Å². The van der Waals surface area contributed by atoms with Gasteiger partial charge < -0.3 is 4.90 Å². The van der Waals surface area contributed by atoms with Crippen LogP contribution in [0.15, 0.2) is 42.6 Å². The number of aromatic nitrogens is 1. The van der Waals surface area contributed by atoms with Crippen molar-refractivity contribution in [3.8, 4) is 11.1 Å². The molecule has 1 saturated carbocycles. The number of nitrogens with zero attached hydrogens (tertiary/aromatic N) is 2. The Morgan fingerprint density at radius 3 is 2.28 bits per heavy atom. The number of fused-ring (bicyclic) bond motifs is 4. The summed E-state index contributed by atoms with van der Waals surface area (Å²) in [6.45, 7) is 3.95. The number of pyridine rings is 1. The van der Waals surface area contributed by atoms with Crippen molar-refractivity contribution in [1.29, 1.82) is 0 Å². The molecule has 4 fully saturated rings. The molecular weight excluding hydrogens is 311 g/mol. The van der Waals surface area contributed by atoms with E-state index in [0.717, 1.165) is 28.9 Å². The number of benzene rings is 1. The molecule has 25 heavy (non-hydrogen) atoms. The van der Waals surface area contributed by atoms with E-state index >= 15 is 0 Å². The summed E-state index contributed by atoms with van der Waals surface area (Å²) in [6.07, 6.45) is 7.49. The zero-order chi connectivity index (χ0) is 16.8. The summed E-state index contributed by atoms with van der Waals surface area (Å²) in [5.74, 6) is 3.19. The molecule has 3 aliphatic heterocycles. The topological polar surface area (TPSA) is 16.1 Å². The van der Waals surface area contributed by atoms with Crippen LogP contribution in [0.5, 0.6) is 0 Å². The number of hydrogen-bond donors (Lipinski definition) is 0. The van der Waals surface area contributed by atoms with Crippen LogP contribution in [0.2, 0.25) is 0 Å². The molecule has 1 aliphatic carbocycles. The zero-order valence-corrected chi connectivity index (χ0v) is 14.6. The average Bonchev–Trinajstić information content (AvgIpc) is 3.47. The van der Waals surface area contributed by atoms with Crippen molar-refractivity contribution in [2.75, 3.05) is 19.6 Å². The van der Waals surface area contributed by atoms with Gasteiger partial charge in [0.25, 0.3) is 0 Å². The normalized spacial score (nSPS) is 33.9. The smallest absolute Gasteiger partial charge is 0.123 e. The molecule has 1 aromatic carbocycles. The van der Waals surface area contributed by atoms with E-state index in [1.807, 2.05) is 18.3 Å². The second-order valence-electron chi connectivity index (χ2n) is 8.12. The molecule has 4 aliphatic rings. The number of hydrogen-bond acceptors (Lipinski definition) is 2. The second-order valence-corrected chi connectivity index (χ2v) is 8.12. The van der Waals surface area contributed by atoms with Crippen LogP contribution < -0.4 is 0 Å². The third-order valence-corrected chi connectivity index (χ3v) is 6.75. The van der Waals surface area contributed by atoms with Gasteiger partial charge in [0.15, 0.2) is 0 Å². The highest BCUT2D eigenvalue weighted by Gasteiger charge is 2.48. The van der Waals surface area contributed by atoms with Gasteiger partial charge in [-0.15, -0.1) is 0 Å². The summed E-state index contributed by atoms with van der Waals surface area (Å²) in [5, 5.41) is 0. The third-order valence-electron chi connectivity index (χ3n) is 6.75. The van der Waals surface area contributed by atoms with E-state index in [4.69, 9.17) is 4.98 Å². The van der Waals surface area contributed by atoms with Crippen molar-refractivity contribution in [3.05, 3.63) is 54.1 Å². The van der Waals surface area contributed by atoms with Gasteiger partial charge in [-0.3, -0.25) is 4.98 Å². The molecule has 2 aromatic rings. The van der Waals surface area contributed by atoms with Gasteiger partial charge in [0.1, 0.15) is 5.82 Å². The van der Waals surface area contributed by atoms with Gasteiger partial charge >= 0.3 is 0 Å². The first-order valence-corrected chi connectivity index (χ1v) is 9.72. The summed E-state index contributed by atoms with van der Waals surface area (Å²) < 4.78 is 13.1. The SMILES string of the molecule is Fc1ccc(-c2ccc(C3CC3C3CCN4CCC3CC4)nc2)cc1. The standard InChI is InChI=1S/C22H25FN2/c23-18-4-1-15(2-5-18)17-3-6-22(24-14-17)21-13-20(21)19-9-12-25-10-7-16(19)8-11-25/h1-6,14,16,19-21H,7-13H2. The summed E-state index contributed by atoms with van der Waals surface area (Å²) >= 11 is 0. The minimum Gasteiger partial charge on any atom is -0.303 e. The molecule has 2 bridgehead atoms. The van der Waals surface area contributed by atoms with Crippen LogP contribution in [0.1, 0.15) is 37.3 Å². The maximum Gasteiger partial charge on any atom is 0.123 e. The van der Waals surface area contributed by atoms with Gasteiger partial charge in [-0.25, -0.2) is 4.39 Å². The Labute approximate surface area is 149 Å². The molecular formula is C22H25FN2. The largest absolute Gasteiger partial charge is 0.303 e. The molecule has 0 radical (unpaired) electrons. The average molecular weight is 336 g/mol. The maximum atomic E-state index is 13.1. The molecule has 0 spiro atoms. The molecule has 4 heterocycles. The summed E-state index contributed by atoms with van der Waals surface area (Å²) in [7, 11) is 0. The highest BCUT2D eigenvalue weighted by atomic mass is 19.1. The summed E-state index contributed by atoms with van der Waals surface area (Å²) in [4.78, 5) is 7.42. The van der Waals surface area contributed by atoms with Crippen molar-refractivity contribution < 1.29 is 4.39 Å². The lowest BCUT2D eigenvalue weighted by molar-refractivity contribution is 0.201. The first-order chi connectivity index (χ1) is 12.3. The lowest BCUT2D eigenvalue weighted by atomic mass is 9.81. The number of rotatable bonds is 3. The van der Waals surface area contributed by atoms with Gasteiger partial charge in [0.2, 0.25) is 0 Å². The van der Waals surface area contributed by atoms with E-state index in [9.17, 15) is 4.39 Å². The van der Waals surface area contributed by atoms with Crippen LogP contribution >= 0.6 is 0 Å². The van der Waals surface area contributed by atoms with Crippen LogP contribution in [0, 0.1) is 23.6 Å². The van der Waals surface area contributed by atoms with Crippen LogP contribution in [-0.4, -0.2) is 29.5 Å². The quantitative estimate of drug-likeness (QED) is 0.806. The van der Waals surface area contributed by atoms with E-state index in [1.165, 1.54) is 63.1 Å². The van der Waals surface area contributed by atoms with E-state index in [0.29, 0.717) is 5.92 Å². The molecule has 130 valence electrons. The lowest BCUT2D eigenvalue weighted by Crippen LogP contribution is -2.31. The van der Waals surface area contributed by atoms with Gasteiger partial charge in [-0.1, -0.05) is 18.2 Å². The Morgan fingerprint density at radius 2 is 1.56 bits per heavy atom. The van der Waals surface area contributed by atoms with Crippen LogP contribution in [0.4, 0.5) is 4.39 Å². The van der Waals surface area contributed by atoms with Crippen LogP contribution in [0.25, 0.3) is 11.1 Å². The fraction of sp³-hybridized carbons (Fsp3) is 0.500. The van der Waals surface area contributed by atoms with Crippen molar-refractivity contribution in [3.63, 3.8) is 0 Å². The first-order valence-electron chi connectivity index (χ1n) is 9.72. The highest BCUT2D eigenvalue weighted by molar-refractivity contribution is 5.62. The second kappa shape index (κ2) is 6.21. The molecule has 2 nitrogen and oxygen atoms in total. The Kier molecular flexibility index (Phi) is 3.85. The first kappa shape index (κ1) is 15.5. The predicted octanol–water partition coefficient (Wildman–Crippen LogP) is 4.72. The van der Waals surface area contributed by atoms with E-state index in [-0.39, 0.29) is 5.82 Å². The summed E-state index contributed by atoms with van der Waals surface area (Å²) in [6, 6.07) is 11.0. The van der Waals surface area contributed by atoms with E-state index in [1.54, 1.807) is 0 Å². The molecule has 3 atom stereocenters. The summed E-state index contributed by atoms with van der Waals surface area (Å²) in [5.41, 5.74) is 3.36. The molecule has 3 heteroatoms. The van der Waals surface area contributed by atoms with Gasteiger partial charge in [-0.05, 0) is 86.8 Å². The predicted molar refractivity (Wildman–Crippen MR) is 97.8 cm³/mol. The third kappa shape index (κ3) is 2.99. The van der Waals surface area contributed by atoms with Crippen LogP contribution in [-0.2, 0) is 0 Å². The number of piperidine rings is 1. The van der Waals surface area contributed by atoms with E-state index in [2.05, 4.69) is 17.0 Å². The van der Waals surface area contributed by atoms with Crippen molar-refractivity contribution in [2.45, 2.75) is 31.6 Å². The van der Waals surface area contributed by atoms with Crippen molar-refractivity contribution >= 4 is 0 Å². The van der Waals surface area contributed by atoms with Crippen molar-refractivity contribution in [2.24, 2.45) is 17.8 Å². The highest BCUT2D eigenvalue weighted by Crippen LogP contribution is 2.56. The maximum absolute atomic E-state index is 13.1.